The van der Waals surface area contributed by atoms with Crippen LogP contribution in [0.4, 0.5) is 20.2 Å². The summed E-state index contributed by atoms with van der Waals surface area (Å²) in [6.45, 7) is 0. The summed E-state index contributed by atoms with van der Waals surface area (Å²) in [6, 6.07) is 0. The second-order valence-corrected chi connectivity index (χ2v) is 3.67. The molecule has 2 nitrogen and oxygen atoms in total. The zero-order valence-electron chi connectivity index (χ0n) is 5.67. The van der Waals surface area contributed by atoms with Gasteiger partial charge < -0.3 is 11.5 Å². The van der Waals surface area contributed by atoms with Gasteiger partial charge in [-0.2, -0.15) is 0 Å². The summed E-state index contributed by atoms with van der Waals surface area (Å²) >= 11 is 5.55. The van der Waals surface area contributed by atoms with Crippen LogP contribution in [-0.4, -0.2) is 0 Å². The fourth-order valence-corrected chi connectivity index (χ4v) is 1.44. The van der Waals surface area contributed by atoms with Crippen LogP contribution in [0.25, 0.3) is 0 Å². The highest BCUT2D eigenvalue weighted by Crippen LogP contribution is 2.37. The Bertz CT molecular complexity index is 236. The lowest BCUT2D eigenvalue weighted by molar-refractivity contribution is 0.501. The van der Waals surface area contributed by atoms with Crippen LogP contribution in [0.3, 0.4) is 0 Å². The highest BCUT2D eigenvalue weighted by molar-refractivity contribution is 9.11. The van der Waals surface area contributed by atoms with Crippen LogP contribution in [0.5, 0.6) is 0 Å². The summed E-state index contributed by atoms with van der Waals surface area (Å²) in [5.41, 5.74) is 10.7. The van der Waals surface area contributed by atoms with Crippen LogP contribution in [0.15, 0.2) is 8.95 Å². The Hall–Kier alpha value is -0.360. The Morgan fingerprint density at radius 2 is 1.08 bits per heavy atom. The Morgan fingerprint density at radius 1 is 0.833 bits per heavy atom. The molecule has 0 amide bonds. The lowest BCUT2D eigenvalue weighted by Gasteiger charge is -2.07. The molecule has 1 aromatic rings. The van der Waals surface area contributed by atoms with Crippen LogP contribution in [-0.2, 0) is 0 Å². The minimum Gasteiger partial charge on any atom is -0.396 e. The first kappa shape index (κ1) is 9.73. The fraction of sp³-hybridized carbons (Fsp3) is 0. The molecule has 0 aromatic heterocycles. The molecule has 0 aliphatic heterocycles. The third kappa shape index (κ3) is 1.29. The van der Waals surface area contributed by atoms with Crippen LogP contribution < -0.4 is 11.5 Å². The molecular formula is C6H4Br2F2N2. The largest absolute Gasteiger partial charge is 0.396 e. The van der Waals surface area contributed by atoms with E-state index in [2.05, 4.69) is 31.9 Å². The molecule has 0 aliphatic rings. The first-order valence-corrected chi connectivity index (χ1v) is 4.42. The normalized spacial score (nSPS) is 10.3. The Labute approximate surface area is 84.2 Å². The van der Waals surface area contributed by atoms with Gasteiger partial charge in [0.1, 0.15) is 0 Å². The van der Waals surface area contributed by atoms with Gasteiger partial charge in [0.25, 0.3) is 0 Å². The van der Waals surface area contributed by atoms with Gasteiger partial charge in [-0.25, -0.2) is 8.78 Å². The van der Waals surface area contributed by atoms with Crippen LogP contribution in [0.1, 0.15) is 0 Å². The summed E-state index contributed by atoms with van der Waals surface area (Å²) in [7, 11) is 0. The van der Waals surface area contributed by atoms with Crippen molar-refractivity contribution in [1.29, 1.82) is 0 Å². The molecule has 0 bridgehead atoms. The zero-order chi connectivity index (χ0) is 9.46. The minimum absolute atomic E-state index is 0.0132. The van der Waals surface area contributed by atoms with Crippen molar-refractivity contribution in [2.24, 2.45) is 0 Å². The molecule has 4 N–H and O–H groups in total. The molecule has 0 unspecified atom stereocenters. The summed E-state index contributed by atoms with van der Waals surface area (Å²) in [4.78, 5) is 0. The van der Waals surface area contributed by atoms with E-state index in [1.54, 1.807) is 0 Å². The van der Waals surface area contributed by atoms with Gasteiger partial charge in [0.2, 0.25) is 0 Å². The Kier molecular flexibility index (Phi) is 2.58. The fourth-order valence-electron chi connectivity index (χ4n) is 0.666. The first-order valence-electron chi connectivity index (χ1n) is 2.83. The topological polar surface area (TPSA) is 52.0 Å². The van der Waals surface area contributed by atoms with E-state index in [-0.39, 0.29) is 20.3 Å². The van der Waals surface area contributed by atoms with E-state index in [0.717, 1.165) is 0 Å². The highest BCUT2D eigenvalue weighted by atomic mass is 79.9. The molecule has 0 saturated heterocycles. The molecule has 0 atom stereocenters. The van der Waals surface area contributed by atoms with Crippen LogP contribution in [0, 0.1) is 11.6 Å². The summed E-state index contributed by atoms with van der Waals surface area (Å²) < 4.78 is 25.4. The van der Waals surface area contributed by atoms with E-state index in [1.807, 2.05) is 0 Å². The molecule has 1 aromatic carbocycles. The van der Waals surface area contributed by atoms with Crippen molar-refractivity contribution in [3.8, 4) is 0 Å². The second kappa shape index (κ2) is 3.18. The summed E-state index contributed by atoms with van der Waals surface area (Å²) in [5.74, 6) is -2.10. The Balaban J connectivity index is 3.60. The van der Waals surface area contributed by atoms with Gasteiger partial charge in [0.15, 0.2) is 11.6 Å². The van der Waals surface area contributed by atoms with E-state index < -0.39 is 11.6 Å². The monoisotopic (exact) mass is 300 g/mol. The average Bonchev–Trinajstić information content (AvgIpc) is 2.08. The number of anilines is 2. The van der Waals surface area contributed by atoms with Gasteiger partial charge in [-0.05, 0) is 31.9 Å². The molecule has 12 heavy (non-hydrogen) atoms. The van der Waals surface area contributed by atoms with E-state index in [9.17, 15) is 8.78 Å². The van der Waals surface area contributed by atoms with Gasteiger partial charge in [0, 0.05) is 0 Å². The van der Waals surface area contributed by atoms with Crippen LogP contribution in [0.2, 0.25) is 0 Å². The van der Waals surface area contributed by atoms with Crippen molar-refractivity contribution in [3.63, 3.8) is 0 Å². The number of rotatable bonds is 0. The molecule has 6 heteroatoms. The van der Waals surface area contributed by atoms with Crippen molar-refractivity contribution in [2.75, 3.05) is 11.5 Å². The molecule has 0 saturated carbocycles. The van der Waals surface area contributed by atoms with Gasteiger partial charge in [-0.1, -0.05) is 0 Å². The van der Waals surface area contributed by atoms with Crippen molar-refractivity contribution >= 4 is 43.2 Å². The molecule has 1 rings (SSSR count). The summed E-state index contributed by atoms with van der Waals surface area (Å²) in [5, 5.41) is 0. The molecule has 0 radical (unpaired) electrons. The molecule has 0 spiro atoms. The third-order valence-corrected chi connectivity index (χ3v) is 2.89. The number of benzene rings is 1. The number of nitrogen functional groups attached to an aromatic ring is 2. The highest BCUT2D eigenvalue weighted by Gasteiger charge is 2.18. The predicted molar refractivity (Wildman–Crippen MR) is 50.6 cm³/mol. The number of hydrogen-bond donors (Lipinski definition) is 2. The maximum atomic E-state index is 12.8. The van der Waals surface area contributed by atoms with E-state index in [4.69, 9.17) is 11.5 Å². The number of hydrogen-bond acceptors (Lipinski definition) is 2. The predicted octanol–water partition coefficient (Wildman–Crippen LogP) is 2.65. The maximum absolute atomic E-state index is 12.8. The lowest BCUT2D eigenvalue weighted by atomic mass is 10.2. The van der Waals surface area contributed by atoms with E-state index in [0.29, 0.717) is 0 Å². The van der Waals surface area contributed by atoms with Gasteiger partial charge >= 0.3 is 0 Å². The molecule has 0 fully saturated rings. The molecule has 66 valence electrons. The lowest BCUT2D eigenvalue weighted by Crippen LogP contribution is -2.02. The number of nitrogens with two attached hydrogens (primary N) is 2. The van der Waals surface area contributed by atoms with E-state index in [1.165, 1.54) is 0 Å². The van der Waals surface area contributed by atoms with Gasteiger partial charge in [-0.15, -0.1) is 0 Å². The SMILES string of the molecule is Nc1c(N)c(Br)c(F)c(F)c1Br. The standard InChI is InChI=1S/C6H4Br2F2N2/c7-1-3(9)4(10)2(8)6(12)5(1)11/h11-12H2. The second-order valence-electron chi connectivity index (χ2n) is 2.08. The van der Waals surface area contributed by atoms with Crippen molar-refractivity contribution in [3.05, 3.63) is 20.6 Å². The minimum atomic E-state index is -1.05. The Morgan fingerprint density at radius 3 is 1.33 bits per heavy atom. The van der Waals surface area contributed by atoms with Gasteiger partial charge in [-0.3, -0.25) is 0 Å². The van der Waals surface area contributed by atoms with Gasteiger partial charge in [0.05, 0.1) is 20.3 Å². The number of halogens is 4. The third-order valence-electron chi connectivity index (χ3n) is 1.34. The van der Waals surface area contributed by atoms with Crippen molar-refractivity contribution in [2.45, 2.75) is 0 Å². The van der Waals surface area contributed by atoms with E-state index >= 15 is 0 Å². The van der Waals surface area contributed by atoms with Crippen LogP contribution >= 0.6 is 31.9 Å². The van der Waals surface area contributed by atoms with Crippen molar-refractivity contribution < 1.29 is 8.78 Å². The molecule has 0 aliphatic carbocycles. The quantitative estimate of drug-likeness (QED) is 0.440. The smallest absolute Gasteiger partial charge is 0.176 e. The molecular weight excluding hydrogens is 298 g/mol. The zero-order valence-corrected chi connectivity index (χ0v) is 8.84. The maximum Gasteiger partial charge on any atom is 0.176 e. The van der Waals surface area contributed by atoms with Crippen molar-refractivity contribution in [1.82, 2.24) is 0 Å². The first-order chi connectivity index (χ1) is 5.46. The molecule has 0 heterocycles. The summed E-state index contributed by atoms with van der Waals surface area (Å²) in [6.07, 6.45) is 0. The average molecular weight is 302 g/mol.